The van der Waals surface area contributed by atoms with Crippen LogP contribution in [0.4, 0.5) is 5.69 Å². The maximum Gasteiger partial charge on any atom is 0.251 e. The maximum absolute atomic E-state index is 12.5. The lowest BCUT2D eigenvalue weighted by Crippen LogP contribution is -2.24. The van der Waals surface area contributed by atoms with E-state index in [1.807, 2.05) is 78.9 Å². The van der Waals surface area contributed by atoms with Crippen LogP contribution in [-0.4, -0.2) is 17.7 Å². The highest BCUT2D eigenvalue weighted by molar-refractivity contribution is 5.94. The van der Waals surface area contributed by atoms with Crippen LogP contribution in [0.25, 0.3) is 0 Å². The van der Waals surface area contributed by atoms with Gasteiger partial charge in [0, 0.05) is 18.2 Å². The van der Waals surface area contributed by atoms with E-state index in [9.17, 15) is 10.0 Å². The zero-order chi connectivity index (χ0) is 26.8. The molecule has 3 aromatic rings. The van der Waals surface area contributed by atoms with Crippen molar-refractivity contribution in [3.8, 4) is 5.75 Å². The third-order valence-electron chi connectivity index (χ3n) is 6.73. The predicted octanol–water partition coefficient (Wildman–Crippen LogP) is 8.31. The van der Waals surface area contributed by atoms with Crippen LogP contribution in [0.1, 0.15) is 92.6 Å². The first-order chi connectivity index (χ1) is 18.7. The molecule has 0 bridgehead atoms. The molecule has 5 heteroatoms. The Labute approximate surface area is 228 Å². The summed E-state index contributed by atoms with van der Waals surface area (Å²) in [7, 11) is 0. The molecule has 0 radical (unpaired) electrons. The molecular weight excluding hydrogens is 472 g/mol. The molecule has 5 nitrogen and oxygen atoms in total. The molecule has 0 unspecified atom stereocenters. The van der Waals surface area contributed by atoms with Gasteiger partial charge in [0.25, 0.3) is 5.91 Å². The minimum atomic E-state index is -0.0448. The number of nitrogens with one attached hydrogen (secondary N) is 1. The van der Waals surface area contributed by atoms with Crippen molar-refractivity contribution in [3.63, 3.8) is 0 Å². The number of carbonyl (C=O) groups excluding carboxylic acids is 1. The summed E-state index contributed by atoms with van der Waals surface area (Å²) < 4.78 is 5.87. The Morgan fingerprint density at radius 3 is 2.11 bits per heavy atom. The van der Waals surface area contributed by atoms with E-state index in [0.717, 1.165) is 17.5 Å². The molecule has 0 saturated carbocycles. The first-order valence-corrected chi connectivity index (χ1v) is 14.3. The second-order valence-electron chi connectivity index (χ2n) is 9.96. The third-order valence-corrected chi connectivity index (χ3v) is 6.73. The number of unbranched alkanes of at least 4 members (excludes halogenated alkanes) is 9. The lowest BCUT2D eigenvalue weighted by molar-refractivity contribution is 0.0953. The van der Waals surface area contributed by atoms with Gasteiger partial charge in [-0.25, -0.2) is 0 Å². The Kier molecular flexibility index (Phi) is 13.3. The Morgan fingerprint density at radius 2 is 1.42 bits per heavy atom. The molecule has 3 aromatic carbocycles. The Hall–Kier alpha value is -3.31. The van der Waals surface area contributed by atoms with E-state index in [1.165, 1.54) is 62.9 Å². The lowest BCUT2D eigenvalue weighted by Gasteiger charge is -2.18. The molecule has 0 saturated heterocycles. The molecule has 38 heavy (non-hydrogen) atoms. The predicted molar refractivity (Wildman–Crippen MR) is 156 cm³/mol. The van der Waals surface area contributed by atoms with Crippen LogP contribution in [0.3, 0.4) is 0 Å². The largest absolute Gasteiger partial charge is 0.489 e. The van der Waals surface area contributed by atoms with E-state index >= 15 is 0 Å². The number of hydrogen-bond donors (Lipinski definition) is 2. The number of nitrogens with zero attached hydrogens (tertiary/aromatic N) is 1. The van der Waals surface area contributed by atoms with E-state index in [4.69, 9.17) is 4.74 Å². The summed E-state index contributed by atoms with van der Waals surface area (Å²) in [6.45, 7) is 3.75. The topological polar surface area (TPSA) is 61.8 Å². The second-order valence-corrected chi connectivity index (χ2v) is 9.96. The second kappa shape index (κ2) is 17.2. The molecule has 3 rings (SSSR count). The summed E-state index contributed by atoms with van der Waals surface area (Å²) in [5, 5.41) is 14.8. The first kappa shape index (κ1) is 29.2. The van der Waals surface area contributed by atoms with Crippen molar-refractivity contribution in [1.82, 2.24) is 5.32 Å². The number of hydrogen-bond acceptors (Lipinski definition) is 4. The third kappa shape index (κ3) is 11.0. The van der Waals surface area contributed by atoms with Gasteiger partial charge in [-0.15, -0.1) is 0 Å². The fraction of sp³-hybridized carbons (Fsp3) is 0.424. The summed E-state index contributed by atoms with van der Waals surface area (Å²) >= 11 is 0. The van der Waals surface area contributed by atoms with E-state index in [-0.39, 0.29) is 5.91 Å². The van der Waals surface area contributed by atoms with Crippen molar-refractivity contribution in [1.29, 1.82) is 0 Å². The molecule has 0 aliphatic rings. The van der Waals surface area contributed by atoms with Gasteiger partial charge >= 0.3 is 0 Å². The number of amides is 1. The molecule has 0 aliphatic carbocycles. The fourth-order valence-electron chi connectivity index (χ4n) is 4.42. The maximum atomic E-state index is 12.5. The van der Waals surface area contributed by atoms with E-state index < -0.39 is 0 Å². The molecular formula is C33H44N2O3. The Bertz CT molecular complexity index is 1050. The molecule has 0 fully saturated rings. The standard InChI is InChI=1S/C33H44N2O3/c1-2-3-4-5-6-7-8-9-10-14-24-34-33(36)30-22-20-28(21-23-30)26-35(37)31-18-15-19-32(25-31)38-27-29-16-12-11-13-17-29/h11-13,15-23,25,37H,2-10,14,24,26-27H2,1H3,(H,34,36). The van der Waals surface area contributed by atoms with Gasteiger partial charge in [-0.05, 0) is 41.8 Å². The van der Waals surface area contributed by atoms with Gasteiger partial charge in [0.1, 0.15) is 12.4 Å². The van der Waals surface area contributed by atoms with Crippen molar-refractivity contribution in [2.24, 2.45) is 0 Å². The van der Waals surface area contributed by atoms with E-state index in [2.05, 4.69) is 12.2 Å². The SMILES string of the molecule is CCCCCCCCCCCCNC(=O)c1ccc(CN(O)c2cccc(OCc3ccccc3)c2)cc1. The van der Waals surface area contributed by atoms with Gasteiger partial charge in [-0.3, -0.25) is 15.1 Å². The number of hydroxylamine groups is 1. The average molecular weight is 517 g/mol. The minimum absolute atomic E-state index is 0.0448. The molecule has 2 N–H and O–H groups in total. The summed E-state index contributed by atoms with van der Waals surface area (Å²) in [6, 6.07) is 24.8. The number of ether oxygens (including phenoxy) is 1. The highest BCUT2D eigenvalue weighted by Crippen LogP contribution is 2.22. The van der Waals surface area contributed by atoms with Gasteiger partial charge in [0.15, 0.2) is 0 Å². The molecule has 0 aromatic heterocycles. The Balaban J connectivity index is 1.34. The average Bonchev–Trinajstić information content (AvgIpc) is 2.96. The summed E-state index contributed by atoms with van der Waals surface area (Å²) in [5.41, 5.74) is 3.29. The first-order valence-electron chi connectivity index (χ1n) is 14.3. The molecule has 1 amide bonds. The number of anilines is 1. The molecule has 0 heterocycles. The smallest absolute Gasteiger partial charge is 0.251 e. The van der Waals surface area contributed by atoms with Crippen LogP contribution < -0.4 is 15.1 Å². The summed E-state index contributed by atoms with van der Waals surface area (Å²) in [5.74, 6) is 0.649. The quantitative estimate of drug-likeness (QED) is 0.132. The van der Waals surface area contributed by atoms with Crippen molar-refractivity contribution >= 4 is 11.6 Å². The molecule has 0 atom stereocenters. The van der Waals surface area contributed by atoms with Crippen LogP contribution in [-0.2, 0) is 13.2 Å². The van der Waals surface area contributed by atoms with Crippen LogP contribution in [0.5, 0.6) is 5.75 Å². The summed E-state index contributed by atoms with van der Waals surface area (Å²) in [4.78, 5) is 12.5. The molecule has 204 valence electrons. The van der Waals surface area contributed by atoms with Gasteiger partial charge in [0.2, 0.25) is 0 Å². The van der Waals surface area contributed by atoms with Crippen LogP contribution in [0.2, 0.25) is 0 Å². The van der Waals surface area contributed by atoms with Gasteiger partial charge in [-0.2, -0.15) is 0 Å². The minimum Gasteiger partial charge on any atom is -0.489 e. The monoisotopic (exact) mass is 516 g/mol. The van der Waals surface area contributed by atoms with Crippen molar-refractivity contribution in [2.45, 2.75) is 84.3 Å². The number of carbonyl (C=O) groups is 1. The van der Waals surface area contributed by atoms with E-state index in [1.54, 1.807) is 0 Å². The molecule has 0 spiro atoms. The number of benzene rings is 3. The Morgan fingerprint density at radius 1 is 0.763 bits per heavy atom. The summed E-state index contributed by atoms with van der Waals surface area (Å²) in [6.07, 6.45) is 12.8. The number of rotatable bonds is 18. The fourth-order valence-corrected chi connectivity index (χ4v) is 4.42. The molecule has 0 aliphatic heterocycles. The van der Waals surface area contributed by atoms with Crippen molar-refractivity contribution in [3.05, 3.63) is 95.6 Å². The van der Waals surface area contributed by atoms with Crippen molar-refractivity contribution in [2.75, 3.05) is 11.6 Å². The zero-order valence-corrected chi connectivity index (χ0v) is 22.9. The van der Waals surface area contributed by atoms with Crippen LogP contribution >= 0.6 is 0 Å². The highest BCUT2D eigenvalue weighted by Gasteiger charge is 2.09. The van der Waals surface area contributed by atoms with Gasteiger partial charge in [0.05, 0.1) is 12.2 Å². The normalized spacial score (nSPS) is 10.8. The van der Waals surface area contributed by atoms with E-state index in [0.29, 0.717) is 36.7 Å². The highest BCUT2D eigenvalue weighted by atomic mass is 16.5. The van der Waals surface area contributed by atoms with Crippen LogP contribution in [0, 0.1) is 0 Å². The lowest BCUT2D eigenvalue weighted by atomic mass is 10.1. The zero-order valence-electron chi connectivity index (χ0n) is 22.9. The van der Waals surface area contributed by atoms with Crippen molar-refractivity contribution < 1.29 is 14.7 Å². The van der Waals surface area contributed by atoms with Gasteiger partial charge < -0.3 is 10.1 Å². The van der Waals surface area contributed by atoms with Gasteiger partial charge in [-0.1, -0.05) is 113 Å². The van der Waals surface area contributed by atoms with Crippen LogP contribution in [0.15, 0.2) is 78.9 Å².